The number of benzene rings is 3. The van der Waals surface area contributed by atoms with E-state index in [1.165, 1.54) is 24.0 Å². The number of hydrogen-bond donors (Lipinski definition) is 0. The molecule has 1 saturated heterocycles. The first kappa shape index (κ1) is 27.9. The topological polar surface area (TPSA) is 68.3 Å². The molecule has 0 unspecified atom stereocenters. The van der Waals surface area contributed by atoms with Crippen LogP contribution in [0.5, 0.6) is 11.5 Å². The first-order chi connectivity index (χ1) is 18.2. The number of thiocarbonyl (C=S) groups is 1. The Hall–Kier alpha value is -3.11. The Morgan fingerprint density at radius 3 is 2.26 bits per heavy atom. The zero-order chi connectivity index (χ0) is 27.4. The molecule has 3 aromatic rings. The van der Waals surface area contributed by atoms with Crippen LogP contribution in [0.4, 0.5) is 5.69 Å². The van der Waals surface area contributed by atoms with Crippen LogP contribution in [0, 0.1) is 0 Å². The largest absolute Gasteiger partial charge is 0.493 e. The van der Waals surface area contributed by atoms with Gasteiger partial charge in [-0.05, 0) is 93.9 Å². The fourth-order valence-corrected chi connectivity index (χ4v) is 4.88. The zero-order valence-corrected chi connectivity index (χ0v) is 24.2. The van der Waals surface area contributed by atoms with Crippen LogP contribution < -0.4 is 14.4 Å². The van der Waals surface area contributed by atoms with Crippen molar-refractivity contribution in [1.82, 2.24) is 4.90 Å². The Morgan fingerprint density at radius 2 is 1.66 bits per heavy atom. The fraction of sp³-hybridized carbons (Fsp3) is 0.148. The van der Waals surface area contributed by atoms with Gasteiger partial charge in [-0.3, -0.25) is 14.5 Å². The first-order valence-electron chi connectivity index (χ1n) is 11.2. The van der Waals surface area contributed by atoms with Gasteiger partial charge >= 0.3 is 5.97 Å². The van der Waals surface area contributed by atoms with Gasteiger partial charge in [0.05, 0.1) is 24.4 Å². The Balaban J connectivity index is 1.68. The van der Waals surface area contributed by atoms with Gasteiger partial charge in [0.15, 0.2) is 16.6 Å². The molecular weight excluding hydrogens is 615 g/mol. The van der Waals surface area contributed by atoms with Crippen molar-refractivity contribution in [2.45, 2.75) is 6.61 Å². The molecule has 1 fully saturated rings. The molecule has 0 bridgehead atoms. The number of carbonyl (C=O) groups is 2. The molecule has 0 aromatic heterocycles. The highest BCUT2D eigenvalue weighted by atomic mass is 79.9. The van der Waals surface area contributed by atoms with Crippen molar-refractivity contribution >= 4 is 80.1 Å². The van der Waals surface area contributed by atoms with E-state index >= 15 is 0 Å². The summed E-state index contributed by atoms with van der Waals surface area (Å²) in [5.41, 5.74) is 2.26. The SMILES string of the molecule is COC(=O)CN1C(=S)N(c2ccc(Cl)cc2)C(=O)/C1=C/c1cc(Br)c(OCc2ccc(Cl)cc2)c(OC)c1. The van der Waals surface area contributed by atoms with Gasteiger partial charge in [-0.15, -0.1) is 0 Å². The number of methoxy groups -OCH3 is 2. The average molecular weight is 636 g/mol. The minimum absolute atomic E-state index is 0.142. The smallest absolute Gasteiger partial charge is 0.325 e. The van der Waals surface area contributed by atoms with Crippen LogP contribution in [-0.2, 0) is 20.9 Å². The number of amides is 1. The minimum Gasteiger partial charge on any atom is -0.493 e. The summed E-state index contributed by atoms with van der Waals surface area (Å²) >= 11 is 21.1. The third-order valence-electron chi connectivity index (χ3n) is 5.59. The normalized spacial score (nSPS) is 14.3. The molecule has 1 heterocycles. The van der Waals surface area contributed by atoms with Crippen molar-refractivity contribution in [3.8, 4) is 11.5 Å². The molecule has 7 nitrogen and oxygen atoms in total. The first-order valence-corrected chi connectivity index (χ1v) is 13.1. The molecule has 0 spiro atoms. The second-order valence-electron chi connectivity index (χ2n) is 8.04. The van der Waals surface area contributed by atoms with Crippen molar-refractivity contribution in [2.75, 3.05) is 25.7 Å². The lowest BCUT2D eigenvalue weighted by Gasteiger charge is -2.19. The predicted octanol–water partition coefficient (Wildman–Crippen LogP) is 6.49. The molecule has 196 valence electrons. The van der Waals surface area contributed by atoms with E-state index < -0.39 is 11.9 Å². The number of rotatable bonds is 8. The maximum Gasteiger partial charge on any atom is 0.325 e. The number of carbonyl (C=O) groups excluding carboxylic acids is 2. The van der Waals surface area contributed by atoms with Crippen molar-refractivity contribution in [2.24, 2.45) is 0 Å². The van der Waals surface area contributed by atoms with Crippen LogP contribution in [0.25, 0.3) is 6.08 Å². The molecule has 1 aliphatic rings. The Kier molecular flexibility index (Phi) is 8.94. The Bertz CT molecular complexity index is 1410. The van der Waals surface area contributed by atoms with Gasteiger partial charge in [-0.2, -0.15) is 0 Å². The van der Waals surface area contributed by atoms with Crippen LogP contribution in [0.3, 0.4) is 0 Å². The molecule has 0 atom stereocenters. The second-order valence-corrected chi connectivity index (χ2v) is 10.1. The second kappa shape index (κ2) is 12.2. The Morgan fingerprint density at radius 1 is 1.03 bits per heavy atom. The molecule has 0 radical (unpaired) electrons. The zero-order valence-electron chi connectivity index (χ0n) is 20.2. The van der Waals surface area contributed by atoms with E-state index in [0.29, 0.717) is 43.9 Å². The molecule has 11 heteroatoms. The van der Waals surface area contributed by atoms with Crippen molar-refractivity contribution in [1.29, 1.82) is 0 Å². The molecular formula is C27H21BrCl2N2O5S. The molecule has 1 amide bonds. The van der Waals surface area contributed by atoms with Gasteiger partial charge < -0.3 is 19.1 Å². The summed E-state index contributed by atoms with van der Waals surface area (Å²) in [4.78, 5) is 28.5. The highest BCUT2D eigenvalue weighted by Crippen LogP contribution is 2.39. The van der Waals surface area contributed by atoms with Crippen LogP contribution in [0.1, 0.15) is 11.1 Å². The van der Waals surface area contributed by atoms with Crippen LogP contribution in [-0.4, -0.2) is 42.7 Å². The molecule has 0 N–H and O–H groups in total. The number of esters is 1. The summed E-state index contributed by atoms with van der Waals surface area (Å²) in [5.74, 6) is -0.0116. The van der Waals surface area contributed by atoms with Gasteiger partial charge in [-0.25, -0.2) is 0 Å². The van der Waals surface area contributed by atoms with Crippen LogP contribution >= 0.6 is 51.3 Å². The Labute approximate surface area is 243 Å². The highest BCUT2D eigenvalue weighted by molar-refractivity contribution is 9.10. The molecule has 1 aliphatic heterocycles. The molecule has 38 heavy (non-hydrogen) atoms. The summed E-state index contributed by atoms with van der Waals surface area (Å²) in [5, 5.41) is 1.30. The summed E-state index contributed by atoms with van der Waals surface area (Å²) in [6.07, 6.45) is 1.63. The predicted molar refractivity (Wildman–Crippen MR) is 155 cm³/mol. The average Bonchev–Trinajstić information content (AvgIpc) is 3.13. The molecule has 3 aromatic carbocycles. The monoisotopic (exact) mass is 634 g/mol. The fourth-order valence-electron chi connectivity index (χ4n) is 3.70. The lowest BCUT2D eigenvalue weighted by molar-refractivity contribution is -0.140. The highest BCUT2D eigenvalue weighted by Gasteiger charge is 2.40. The third kappa shape index (κ3) is 6.13. The number of halogens is 3. The third-order valence-corrected chi connectivity index (χ3v) is 7.08. The number of hydrogen-bond acceptors (Lipinski definition) is 6. The lowest BCUT2D eigenvalue weighted by Crippen LogP contribution is -2.35. The summed E-state index contributed by atoms with van der Waals surface area (Å²) < 4.78 is 17.0. The minimum atomic E-state index is -0.547. The van der Waals surface area contributed by atoms with Crippen molar-refractivity contribution < 1.29 is 23.8 Å². The quantitative estimate of drug-likeness (QED) is 0.159. The van der Waals surface area contributed by atoms with Crippen LogP contribution in [0.2, 0.25) is 10.0 Å². The van der Waals surface area contributed by atoms with E-state index in [-0.39, 0.29) is 17.4 Å². The molecule has 0 saturated carbocycles. The summed E-state index contributed by atoms with van der Waals surface area (Å²) in [7, 11) is 2.80. The van der Waals surface area contributed by atoms with Gasteiger partial charge in [0.1, 0.15) is 18.8 Å². The van der Waals surface area contributed by atoms with Crippen molar-refractivity contribution in [3.63, 3.8) is 0 Å². The maximum atomic E-state index is 13.5. The van der Waals surface area contributed by atoms with E-state index in [1.807, 2.05) is 12.1 Å². The molecule has 0 aliphatic carbocycles. The van der Waals surface area contributed by atoms with E-state index in [2.05, 4.69) is 15.9 Å². The van der Waals surface area contributed by atoms with Gasteiger partial charge in [0.25, 0.3) is 5.91 Å². The van der Waals surface area contributed by atoms with E-state index in [0.717, 1.165) is 5.56 Å². The van der Waals surface area contributed by atoms with E-state index in [9.17, 15) is 9.59 Å². The van der Waals surface area contributed by atoms with E-state index in [4.69, 9.17) is 49.6 Å². The lowest BCUT2D eigenvalue weighted by atomic mass is 10.1. The summed E-state index contributed by atoms with van der Waals surface area (Å²) in [6, 6.07) is 17.5. The standard InChI is InChI=1S/C27H21BrCl2N2O5S/c1-35-23-13-17(11-21(28)25(23)37-15-16-3-5-18(29)6-4-16)12-22-26(34)32(20-9-7-19(30)8-10-20)27(38)31(22)14-24(33)36-2/h3-13H,14-15H2,1-2H3/b22-12-. The van der Waals surface area contributed by atoms with E-state index in [1.54, 1.807) is 54.6 Å². The maximum absolute atomic E-state index is 13.5. The van der Waals surface area contributed by atoms with Gasteiger partial charge in [-0.1, -0.05) is 35.3 Å². The van der Waals surface area contributed by atoms with Crippen LogP contribution in [0.15, 0.2) is 70.8 Å². The molecule has 4 rings (SSSR count). The van der Waals surface area contributed by atoms with Gasteiger partial charge in [0.2, 0.25) is 0 Å². The number of anilines is 1. The van der Waals surface area contributed by atoms with Crippen molar-refractivity contribution in [3.05, 3.63) is 92.0 Å². The number of ether oxygens (including phenoxy) is 3. The summed E-state index contributed by atoms with van der Waals surface area (Å²) in [6.45, 7) is 0.0554. The van der Waals surface area contributed by atoms with Gasteiger partial charge in [0, 0.05) is 10.0 Å². The number of nitrogens with zero attached hydrogens (tertiary/aromatic N) is 2.